The number of rotatable bonds is 0. The van der Waals surface area contributed by atoms with Gasteiger partial charge in [-0.2, -0.15) is 0 Å². The van der Waals surface area contributed by atoms with Crippen molar-refractivity contribution in [2.75, 3.05) is 0 Å². The monoisotopic (exact) mass is 237 g/mol. The summed E-state index contributed by atoms with van der Waals surface area (Å²) in [5.74, 6) is 1.68. The van der Waals surface area contributed by atoms with E-state index in [9.17, 15) is 0 Å². The van der Waals surface area contributed by atoms with Crippen molar-refractivity contribution in [3.63, 3.8) is 0 Å². The molecule has 0 heterocycles. The normalized spacial score (nSPS) is 45.0. The first-order chi connectivity index (χ1) is 8.16. The van der Waals surface area contributed by atoms with Gasteiger partial charge in [-0.05, 0) is 23.7 Å². The van der Waals surface area contributed by atoms with Crippen molar-refractivity contribution in [3.8, 4) is 0 Å². The summed E-state index contributed by atoms with van der Waals surface area (Å²) in [5.41, 5.74) is 6.84. The van der Waals surface area contributed by atoms with Gasteiger partial charge in [-0.15, -0.1) is 0 Å². The average Bonchev–Trinajstić information content (AvgIpc) is 2.82. The van der Waals surface area contributed by atoms with E-state index in [2.05, 4.69) is 13.8 Å². The van der Waals surface area contributed by atoms with Crippen LogP contribution < -0.4 is 5.73 Å². The molecule has 0 bridgehead atoms. The fourth-order valence-electron chi connectivity index (χ4n) is 4.19. The van der Waals surface area contributed by atoms with Crippen molar-refractivity contribution < 1.29 is 0 Å². The molecule has 2 N–H and O–H groups in total. The van der Waals surface area contributed by atoms with Gasteiger partial charge in [0.2, 0.25) is 0 Å². The van der Waals surface area contributed by atoms with Crippen LogP contribution in [0.3, 0.4) is 0 Å². The summed E-state index contributed by atoms with van der Waals surface area (Å²) in [6.07, 6.45) is 14.3. The first-order valence-electron chi connectivity index (χ1n) is 7.92. The van der Waals surface area contributed by atoms with Crippen molar-refractivity contribution >= 4 is 0 Å². The molecule has 0 aromatic heterocycles. The molecule has 1 nitrogen and oxygen atoms in total. The van der Waals surface area contributed by atoms with Gasteiger partial charge in [0.25, 0.3) is 0 Å². The highest BCUT2D eigenvalue weighted by Gasteiger charge is 2.59. The minimum Gasteiger partial charge on any atom is -0.327 e. The molecule has 0 radical (unpaired) electrons. The van der Waals surface area contributed by atoms with Crippen LogP contribution in [0.25, 0.3) is 0 Å². The van der Waals surface area contributed by atoms with E-state index < -0.39 is 0 Å². The first-order valence-corrected chi connectivity index (χ1v) is 7.92. The molecule has 1 heteroatoms. The molecule has 4 unspecified atom stereocenters. The van der Waals surface area contributed by atoms with Crippen molar-refractivity contribution in [2.45, 2.75) is 84.1 Å². The molecular formula is C16H31N. The van der Waals surface area contributed by atoms with Crippen LogP contribution in [0.4, 0.5) is 0 Å². The summed E-state index contributed by atoms with van der Waals surface area (Å²) in [6, 6.07) is 0.500. The van der Waals surface area contributed by atoms with E-state index in [4.69, 9.17) is 5.73 Å². The minimum atomic E-state index is 0.494. The van der Waals surface area contributed by atoms with Crippen molar-refractivity contribution in [1.29, 1.82) is 0 Å². The lowest BCUT2D eigenvalue weighted by Gasteiger charge is -2.15. The molecular weight excluding hydrogens is 206 g/mol. The van der Waals surface area contributed by atoms with Gasteiger partial charge >= 0.3 is 0 Å². The Morgan fingerprint density at radius 1 is 0.882 bits per heavy atom. The molecule has 0 aromatic carbocycles. The maximum Gasteiger partial charge on any atom is 0.0133 e. The number of hydrogen-bond donors (Lipinski definition) is 1. The Morgan fingerprint density at radius 2 is 1.41 bits per heavy atom. The topological polar surface area (TPSA) is 26.0 Å². The molecule has 4 atom stereocenters. The molecule has 0 aliphatic heterocycles. The Kier molecular flexibility index (Phi) is 4.52. The predicted molar refractivity (Wildman–Crippen MR) is 74.9 cm³/mol. The van der Waals surface area contributed by atoms with E-state index >= 15 is 0 Å². The molecule has 0 saturated heterocycles. The Morgan fingerprint density at radius 3 is 2.06 bits per heavy atom. The Hall–Kier alpha value is -0.0400. The van der Waals surface area contributed by atoms with Crippen LogP contribution in [-0.2, 0) is 0 Å². The van der Waals surface area contributed by atoms with Crippen LogP contribution in [0.5, 0.6) is 0 Å². The number of nitrogens with two attached hydrogens (primary N) is 1. The summed E-state index contributed by atoms with van der Waals surface area (Å²) in [5, 5.41) is 0. The summed E-state index contributed by atoms with van der Waals surface area (Å²) in [4.78, 5) is 0. The van der Waals surface area contributed by atoms with E-state index in [0.717, 1.165) is 11.8 Å². The Labute approximate surface area is 108 Å². The average molecular weight is 237 g/mol. The highest BCUT2D eigenvalue weighted by Crippen LogP contribution is 2.59. The van der Waals surface area contributed by atoms with Crippen LogP contribution >= 0.6 is 0 Å². The van der Waals surface area contributed by atoms with Crippen molar-refractivity contribution in [1.82, 2.24) is 0 Å². The van der Waals surface area contributed by atoms with Crippen LogP contribution in [-0.4, -0.2) is 6.04 Å². The Bertz CT molecular complexity index is 238. The molecule has 0 spiro atoms. The third kappa shape index (κ3) is 3.05. The zero-order chi connectivity index (χ0) is 12.3. The van der Waals surface area contributed by atoms with Gasteiger partial charge in [-0.3, -0.25) is 0 Å². The standard InChI is InChI=1S/C16H31N/c1-13-11-9-7-5-3-4-6-8-10-12-16(2)14(13)15(16)17/h13-15H,3-12,17H2,1-2H3. The lowest BCUT2D eigenvalue weighted by molar-refractivity contribution is 0.347. The van der Waals surface area contributed by atoms with E-state index in [1.807, 2.05) is 0 Å². The molecule has 2 fully saturated rings. The maximum absolute atomic E-state index is 6.35. The van der Waals surface area contributed by atoms with Gasteiger partial charge < -0.3 is 5.73 Å². The van der Waals surface area contributed by atoms with Gasteiger partial charge in [0, 0.05) is 6.04 Å². The highest BCUT2D eigenvalue weighted by molar-refractivity contribution is 5.12. The second-order valence-corrected chi connectivity index (χ2v) is 6.90. The third-order valence-corrected chi connectivity index (χ3v) is 5.54. The molecule has 2 rings (SSSR count). The minimum absolute atomic E-state index is 0.494. The van der Waals surface area contributed by atoms with E-state index in [1.54, 1.807) is 0 Å². The van der Waals surface area contributed by atoms with Gasteiger partial charge in [0.05, 0.1) is 0 Å². The second-order valence-electron chi connectivity index (χ2n) is 6.90. The molecule has 2 aliphatic carbocycles. The molecule has 17 heavy (non-hydrogen) atoms. The van der Waals surface area contributed by atoms with Crippen molar-refractivity contribution in [3.05, 3.63) is 0 Å². The molecule has 2 aliphatic rings. The fraction of sp³-hybridized carbons (Fsp3) is 1.00. The van der Waals surface area contributed by atoms with Crippen LogP contribution in [0.15, 0.2) is 0 Å². The SMILES string of the molecule is CC1CCCCCCCCCCC2(C)C(N)C12. The van der Waals surface area contributed by atoms with E-state index in [-0.39, 0.29) is 0 Å². The fourth-order valence-corrected chi connectivity index (χ4v) is 4.19. The van der Waals surface area contributed by atoms with Crippen LogP contribution in [0.1, 0.15) is 78.1 Å². The second kappa shape index (κ2) is 5.73. The van der Waals surface area contributed by atoms with Gasteiger partial charge in [0.15, 0.2) is 0 Å². The number of fused-ring (bicyclic) bond motifs is 1. The van der Waals surface area contributed by atoms with E-state index in [0.29, 0.717) is 11.5 Å². The largest absolute Gasteiger partial charge is 0.327 e. The molecule has 100 valence electrons. The third-order valence-electron chi connectivity index (χ3n) is 5.54. The summed E-state index contributed by atoms with van der Waals surface area (Å²) < 4.78 is 0. The van der Waals surface area contributed by atoms with Crippen LogP contribution in [0.2, 0.25) is 0 Å². The van der Waals surface area contributed by atoms with Gasteiger partial charge in [-0.25, -0.2) is 0 Å². The molecule has 0 aromatic rings. The highest BCUT2D eigenvalue weighted by atomic mass is 14.9. The quantitative estimate of drug-likeness (QED) is 0.659. The van der Waals surface area contributed by atoms with Gasteiger partial charge in [0.1, 0.15) is 0 Å². The summed E-state index contributed by atoms with van der Waals surface area (Å²) >= 11 is 0. The van der Waals surface area contributed by atoms with E-state index in [1.165, 1.54) is 64.2 Å². The smallest absolute Gasteiger partial charge is 0.0133 e. The zero-order valence-corrected chi connectivity index (χ0v) is 11.9. The Balaban J connectivity index is 1.88. The summed E-state index contributed by atoms with van der Waals surface area (Å²) in [7, 11) is 0. The lowest BCUT2D eigenvalue weighted by Crippen LogP contribution is -2.10. The van der Waals surface area contributed by atoms with Crippen molar-refractivity contribution in [2.24, 2.45) is 23.0 Å². The van der Waals surface area contributed by atoms with Gasteiger partial charge in [-0.1, -0.05) is 71.6 Å². The van der Waals surface area contributed by atoms with Crippen LogP contribution in [0, 0.1) is 17.3 Å². The predicted octanol–water partition coefficient (Wildman–Crippen LogP) is 4.50. The lowest BCUT2D eigenvalue weighted by atomic mass is 9.90. The molecule has 2 saturated carbocycles. The molecule has 0 amide bonds. The first kappa shape index (κ1) is 13.4. The zero-order valence-electron chi connectivity index (χ0n) is 11.9. The summed E-state index contributed by atoms with van der Waals surface area (Å²) in [6.45, 7) is 4.88. The number of hydrogen-bond acceptors (Lipinski definition) is 1. The maximum atomic E-state index is 6.35.